The van der Waals surface area contributed by atoms with Crippen molar-refractivity contribution in [1.29, 1.82) is 0 Å². The van der Waals surface area contributed by atoms with E-state index in [2.05, 4.69) is 0 Å². The molecule has 3 rings (SSSR count). The van der Waals surface area contributed by atoms with Crippen molar-refractivity contribution in [3.8, 4) is 0 Å². The van der Waals surface area contributed by atoms with Gasteiger partial charge in [-0.2, -0.15) is 0 Å². The average molecular weight is 312 g/mol. The molecule has 1 aromatic carbocycles. The van der Waals surface area contributed by atoms with E-state index in [1.165, 1.54) is 4.90 Å². The van der Waals surface area contributed by atoms with Gasteiger partial charge in [0.25, 0.3) is 5.91 Å². The third-order valence-corrected chi connectivity index (χ3v) is 4.20. The molecule has 0 N–H and O–H groups in total. The van der Waals surface area contributed by atoms with Crippen molar-refractivity contribution in [2.45, 2.75) is 25.7 Å². The van der Waals surface area contributed by atoms with E-state index < -0.39 is 5.97 Å². The molecule has 1 amide bonds. The maximum absolute atomic E-state index is 12.6. The number of benzene rings is 1. The summed E-state index contributed by atoms with van der Waals surface area (Å²) in [5.41, 5.74) is 3.36. The second-order valence-electron chi connectivity index (χ2n) is 6.00. The third-order valence-electron chi connectivity index (χ3n) is 4.20. The predicted molar refractivity (Wildman–Crippen MR) is 87.4 cm³/mol. The molecule has 1 aliphatic rings. The van der Waals surface area contributed by atoms with Gasteiger partial charge < -0.3 is 9.64 Å². The Morgan fingerprint density at radius 2 is 1.91 bits per heavy atom. The van der Waals surface area contributed by atoms with E-state index in [0.29, 0.717) is 5.56 Å². The summed E-state index contributed by atoms with van der Waals surface area (Å²) in [6, 6.07) is 7.60. The number of para-hydroxylation sites is 1. The lowest BCUT2D eigenvalue weighted by Gasteiger charge is -2.20. The van der Waals surface area contributed by atoms with Gasteiger partial charge in [0.15, 0.2) is 6.61 Å². The Balaban J connectivity index is 2.01. The number of aromatic nitrogens is 1. The van der Waals surface area contributed by atoms with Crippen LogP contribution in [0, 0.1) is 0 Å². The minimum atomic E-state index is -0.433. The van der Waals surface area contributed by atoms with Gasteiger partial charge >= 0.3 is 5.97 Å². The molecule has 0 saturated carbocycles. The number of carbonyl (C=O) groups is 2. The number of hydrogen-bond acceptors (Lipinski definition) is 4. The van der Waals surface area contributed by atoms with E-state index in [1.807, 2.05) is 24.3 Å². The summed E-state index contributed by atoms with van der Waals surface area (Å²) in [6.07, 6.45) is 3.85. The van der Waals surface area contributed by atoms with Gasteiger partial charge in [0.05, 0.1) is 11.1 Å². The molecule has 120 valence electrons. The van der Waals surface area contributed by atoms with Crippen LogP contribution in [0.1, 0.15) is 34.5 Å². The van der Waals surface area contributed by atoms with E-state index in [4.69, 9.17) is 9.72 Å². The molecule has 0 saturated heterocycles. The van der Waals surface area contributed by atoms with Gasteiger partial charge in [-0.3, -0.25) is 9.78 Å². The minimum Gasteiger partial charge on any atom is -0.452 e. The van der Waals surface area contributed by atoms with Crippen LogP contribution >= 0.6 is 0 Å². The third kappa shape index (κ3) is 3.04. The molecule has 0 bridgehead atoms. The topological polar surface area (TPSA) is 59.5 Å². The zero-order valence-electron chi connectivity index (χ0n) is 13.5. The number of ether oxygens (including phenoxy) is 1. The number of fused-ring (bicyclic) bond motifs is 2. The Kier molecular flexibility index (Phi) is 4.28. The van der Waals surface area contributed by atoms with E-state index in [1.54, 1.807) is 14.1 Å². The van der Waals surface area contributed by atoms with Crippen LogP contribution in [0.2, 0.25) is 0 Å². The Bertz CT molecular complexity index is 768. The van der Waals surface area contributed by atoms with Gasteiger partial charge in [-0.15, -0.1) is 0 Å². The maximum Gasteiger partial charge on any atom is 0.339 e. The average Bonchev–Trinajstić information content (AvgIpc) is 2.57. The largest absolute Gasteiger partial charge is 0.452 e. The van der Waals surface area contributed by atoms with Crippen LogP contribution in [-0.4, -0.2) is 42.5 Å². The molecule has 1 aromatic heterocycles. The number of esters is 1. The number of pyridine rings is 1. The monoisotopic (exact) mass is 312 g/mol. The summed E-state index contributed by atoms with van der Waals surface area (Å²) in [5.74, 6) is -0.664. The van der Waals surface area contributed by atoms with E-state index in [-0.39, 0.29) is 12.5 Å². The van der Waals surface area contributed by atoms with Crippen molar-refractivity contribution in [3.63, 3.8) is 0 Å². The lowest BCUT2D eigenvalue weighted by Crippen LogP contribution is -2.28. The summed E-state index contributed by atoms with van der Waals surface area (Å²) >= 11 is 0. The zero-order valence-corrected chi connectivity index (χ0v) is 13.5. The fourth-order valence-electron chi connectivity index (χ4n) is 2.93. The molecule has 0 spiro atoms. The fraction of sp³-hybridized carbons (Fsp3) is 0.389. The van der Waals surface area contributed by atoms with Gasteiger partial charge in [-0.25, -0.2) is 4.79 Å². The molecule has 23 heavy (non-hydrogen) atoms. The predicted octanol–water partition coefficient (Wildman–Crippen LogP) is 2.36. The van der Waals surface area contributed by atoms with Gasteiger partial charge in [-0.1, -0.05) is 18.2 Å². The molecule has 1 heterocycles. The van der Waals surface area contributed by atoms with Gasteiger partial charge in [0.1, 0.15) is 0 Å². The van der Waals surface area contributed by atoms with Crippen molar-refractivity contribution < 1.29 is 14.3 Å². The molecule has 1 aliphatic carbocycles. The first-order valence-electron chi connectivity index (χ1n) is 7.85. The highest BCUT2D eigenvalue weighted by Gasteiger charge is 2.24. The molecule has 0 atom stereocenters. The Labute approximate surface area is 135 Å². The van der Waals surface area contributed by atoms with Crippen molar-refractivity contribution in [2.24, 2.45) is 0 Å². The van der Waals surface area contributed by atoms with Crippen LogP contribution < -0.4 is 0 Å². The molecule has 0 fully saturated rings. The summed E-state index contributed by atoms with van der Waals surface area (Å²) in [5, 5.41) is 0.801. The highest BCUT2D eigenvalue weighted by molar-refractivity contribution is 6.05. The van der Waals surface area contributed by atoms with Crippen molar-refractivity contribution in [2.75, 3.05) is 20.7 Å². The van der Waals surface area contributed by atoms with Crippen LogP contribution in [-0.2, 0) is 22.4 Å². The summed E-state index contributed by atoms with van der Waals surface area (Å²) in [4.78, 5) is 30.4. The van der Waals surface area contributed by atoms with Gasteiger partial charge in [0.2, 0.25) is 0 Å². The standard InChI is InChI=1S/C18H20N2O3/c1-20(2)16(21)11-23-18(22)17-12-7-3-5-9-14(12)19-15-10-6-4-8-13(15)17/h3,5,7,9H,4,6,8,10-11H2,1-2H3. The second kappa shape index (κ2) is 6.36. The Morgan fingerprint density at radius 1 is 1.17 bits per heavy atom. The molecule has 0 radical (unpaired) electrons. The van der Waals surface area contributed by atoms with Crippen LogP contribution in [0.4, 0.5) is 0 Å². The number of carbonyl (C=O) groups excluding carboxylic acids is 2. The number of aryl methyl sites for hydroxylation is 1. The van der Waals surface area contributed by atoms with Crippen molar-refractivity contribution in [3.05, 3.63) is 41.1 Å². The van der Waals surface area contributed by atoms with E-state index in [9.17, 15) is 9.59 Å². The first kappa shape index (κ1) is 15.5. The molecule has 5 heteroatoms. The smallest absolute Gasteiger partial charge is 0.339 e. The normalized spacial score (nSPS) is 13.5. The summed E-state index contributed by atoms with van der Waals surface area (Å²) < 4.78 is 5.27. The van der Waals surface area contributed by atoms with Crippen molar-refractivity contribution >= 4 is 22.8 Å². The quantitative estimate of drug-likeness (QED) is 0.816. The van der Waals surface area contributed by atoms with Crippen molar-refractivity contribution in [1.82, 2.24) is 9.88 Å². The second-order valence-corrected chi connectivity index (χ2v) is 6.00. The number of likely N-dealkylation sites (N-methyl/N-ethyl adjacent to an activating group) is 1. The van der Waals surface area contributed by atoms with Crippen LogP contribution in [0.3, 0.4) is 0 Å². The lowest BCUT2D eigenvalue weighted by atomic mass is 9.90. The fourth-order valence-corrected chi connectivity index (χ4v) is 2.93. The molecule has 5 nitrogen and oxygen atoms in total. The SMILES string of the molecule is CN(C)C(=O)COC(=O)c1c2c(nc3ccccc13)CCCC2. The number of amides is 1. The zero-order chi connectivity index (χ0) is 16.4. The van der Waals surface area contributed by atoms with Crippen LogP contribution in [0.15, 0.2) is 24.3 Å². The number of rotatable bonds is 3. The maximum atomic E-state index is 12.6. The Morgan fingerprint density at radius 3 is 2.70 bits per heavy atom. The summed E-state index contributed by atoms with van der Waals surface area (Å²) in [6.45, 7) is -0.239. The van der Waals surface area contributed by atoms with Crippen LogP contribution in [0.25, 0.3) is 10.9 Å². The minimum absolute atomic E-state index is 0.231. The number of nitrogens with zero attached hydrogens (tertiary/aromatic N) is 2. The molecule has 0 unspecified atom stereocenters. The first-order chi connectivity index (χ1) is 11.1. The van der Waals surface area contributed by atoms with Crippen LogP contribution in [0.5, 0.6) is 0 Å². The Hall–Kier alpha value is -2.43. The van der Waals surface area contributed by atoms with Gasteiger partial charge in [-0.05, 0) is 37.3 Å². The van der Waals surface area contributed by atoms with E-state index in [0.717, 1.165) is 47.8 Å². The summed E-state index contributed by atoms with van der Waals surface area (Å²) in [7, 11) is 3.28. The highest BCUT2D eigenvalue weighted by Crippen LogP contribution is 2.29. The number of hydrogen-bond donors (Lipinski definition) is 0. The molecule has 0 aliphatic heterocycles. The van der Waals surface area contributed by atoms with E-state index >= 15 is 0 Å². The lowest BCUT2D eigenvalue weighted by molar-refractivity contribution is -0.131. The highest BCUT2D eigenvalue weighted by atomic mass is 16.5. The molecule has 2 aromatic rings. The molecular weight excluding hydrogens is 292 g/mol. The first-order valence-corrected chi connectivity index (χ1v) is 7.85. The van der Waals surface area contributed by atoms with Gasteiger partial charge in [0, 0.05) is 25.2 Å². The molecular formula is C18H20N2O3.